The number of rotatable bonds is 7. The zero-order valence-electron chi connectivity index (χ0n) is 12.2. The Hall–Kier alpha value is -1.85. The molecule has 0 aromatic heterocycles. The predicted octanol–water partition coefficient (Wildman–Crippen LogP) is 0.838. The van der Waals surface area contributed by atoms with Crippen LogP contribution in [0, 0.1) is 5.92 Å². The Morgan fingerprint density at radius 3 is 2.90 bits per heavy atom. The van der Waals surface area contributed by atoms with Gasteiger partial charge < -0.3 is 20.5 Å². The molecule has 0 saturated heterocycles. The molecule has 114 valence electrons. The van der Waals surface area contributed by atoms with Crippen molar-refractivity contribution in [3.05, 3.63) is 42.0 Å². The van der Waals surface area contributed by atoms with Gasteiger partial charge in [-0.25, -0.2) is 0 Å². The number of amides is 1. The molecule has 0 radical (unpaired) electrons. The van der Waals surface area contributed by atoms with Gasteiger partial charge in [-0.2, -0.15) is 0 Å². The van der Waals surface area contributed by atoms with Gasteiger partial charge in [-0.05, 0) is 12.5 Å². The average molecular weight is 290 g/mol. The summed E-state index contributed by atoms with van der Waals surface area (Å²) in [6.45, 7) is 0.876. The molecule has 1 aliphatic carbocycles. The third-order valence-electron chi connectivity index (χ3n) is 3.57. The molecule has 5 heteroatoms. The van der Waals surface area contributed by atoms with Crippen molar-refractivity contribution in [2.75, 3.05) is 20.3 Å². The molecule has 2 atom stereocenters. The van der Waals surface area contributed by atoms with Crippen LogP contribution in [-0.4, -0.2) is 37.3 Å². The van der Waals surface area contributed by atoms with E-state index in [2.05, 4.69) is 16.7 Å². The van der Waals surface area contributed by atoms with Gasteiger partial charge in [0.25, 0.3) is 5.91 Å². The second-order valence-electron chi connectivity index (χ2n) is 5.12. The Labute approximate surface area is 125 Å². The minimum Gasteiger partial charge on any atom is -0.483 e. The summed E-state index contributed by atoms with van der Waals surface area (Å²) in [5.74, 6) is 0.818. The first kappa shape index (κ1) is 15.5. The lowest BCUT2D eigenvalue weighted by atomic mass is 10.1. The maximum atomic E-state index is 11.2. The topological polar surface area (TPSA) is 70.6 Å². The molecule has 3 N–H and O–H groups in total. The summed E-state index contributed by atoms with van der Waals surface area (Å²) in [5.41, 5.74) is 1.02. The van der Waals surface area contributed by atoms with Gasteiger partial charge in [0.1, 0.15) is 5.75 Å². The molecule has 0 aliphatic heterocycles. The fraction of sp³-hybridized carbons (Fsp3) is 0.438. The normalized spacial score (nSPS) is 20.5. The maximum absolute atomic E-state index is 11.2. The van der Waals surface area contributed by atoms with E-state index in [1.165, 1.54) is 0 Å². The van der Waals surface area contributed by atoms with Crippen LogP contribution in [0.5, 0.6) is 5.75 Å². The molecule has 0 saturated carbocycles. The molecule has 1 amide bonds. The second kappa shape index (κ2) is 7.81. The number of aliphatic hydroxyl groups excluding tert-OH is 1. The molecule has 5 nitrogen and oxygen atoms in total. The van der Waals surface area contributed by atoms with Crippen LogP contribution in [0.15, 0.2) is 36.4 Å². The molecule has 1 aromatic carbocycles. The fourth-order valence-corrected chi connectivity index (χ4v) is 2.31. The van der Waals surface area contributed by atoms with Gasteiger partial charge in [-0.15, -0.1) is 0 Å². The molecule has 1 aliphatic rings. The SMILES string of the molecule is CNC(=O)COc1ccccc1CN[C@@H]1C=C[C@H](CO)C1. The minimum atomic E-state index is -0.151. The van der Waals surface area contributed by atoms with Crippen molar-refractivity contribution in [3.8, 4) is 5.75 Å². The highest BCUT2D eigenvalue weighted by Gasteiger charge is 2.17. The Balaban J connectivity index is 1.88. The molecule has 0 spiro atoms. The van der Waals surface area contributed by atoms with Crippen LogP contribution in [0.2, 0.25) is 0 Å². The predicted molar refractivity (Wildman–Crippen MR) is 81.0 cm³/mol. The van der Waals surface area contributed by atoms with Gasteiger partial charge in [0.05, 0.1) is 0 Å². The Kier molecular flexibility index (Phi) is 5.78. The highest BCUT2D eigenvalue weighted by atomic mass is 16.5. The quantitative estimate of drug-likeness (QED) is 0.651. The summed E-state index contributed by atoms with van der Waals surface area (Å²) in [6, 6.07) is 7.95. The number of carbonyl (C=O) groups excluding carboxylic acids is 1. The standard InChI is InChI=1S/C16H22N2O3/c1-17-16(20)11-21-15-5-3-2-4-13(15)9-18-14-7-6-12(8-14)10-19/h2-7,12,14,18-19H,8-11H2,1H3,(H,17,20)/t12-,14+/m0/s1. The molecule has 0 unspecified atom stereocenters. The number of para-hydroxylation sites is 1. The second-order valence-corrected chi connectivity index (χ2v) is 5.12. The smallest absolute Gasteiger partial charge is 0.257 e. The summed E-state index contributed by atoms with van der Waals surface area (Å²) in [6.07, 6.45) is 5.05. The van der Waals surface area contributed by atoms with E-state index in [1.54, 1.807) is 7.05 Å². The van der Waals surface area contributed by atoms with E-state index < -0.39 is 0 Å². The number of nitrogens with one attached hydrogen (secondary N) is 2. The van der Waals surface area contributed by atoms with Gasteiger partial charge >= 0.3 is 0 Å². The van der Waals surface area contributed by atoms with Crippen molar-refractivity contribution in [2.45, 2.75) is 19.0 Å². The molecular weight excluding hydrogens is 268 g/mol. The highest BCUT2D eigenvalue weighted by Crippen LogP contribution is 2.20. The molecule has 0 heterocycles. The monoisotopic (exact) mass is 290 g/mol. The molecule has 21 heavy (non-hydrogen) atoms. The van der Waals surface area contributed by atoms with E-state index >= 15 is 0 Å². The van der Waals surface area contributed by atoms with E-state index in [9.17, 15) is 4.79 Å². The van der Waals surface area contributed by atoms with Gasteiger partial charge in [0, 0.05) is 37.7 Å². The van der Waals surface area contributed by atoms with Crippen molar-refractivity contribution in [2.24, 2.45) is 5.92 Å². The number of likely N-dealkylation sites (N-methyl/N-ethyl adjacent to an activating group) is 1. The summed E-state index contributed by atoms with van der Waals surface area (Å²) in [7, 11) is 1.59. The third kappa shape index (κ3) is 4.58. The average Bonchev–Trinajstić information content (AvgIpc) is 2.99. The summed E-state index contributed by atoms with van der Waals surface area (Å²) >= 11 is 0. The minimum absolute atomic E-state index is 0.0173. The van der Waals surface area contributed by atoms with Crippen LogP contribution in [0.4, 0.5) is 0 Å². The number of hydrogen-bond acceptors (Lipinski definition) is 4. The first-order chi connectivity index (χ1) is 10.2. The lowest BCUT2D eigenvalue weighted by Gasteiger charge is -2.15. The van der Waals surface area contributed by atoms with Crippen LogP contribution in [0.25, 0.3) is 0 Å². The van der Waals surface area contributed by atoms with E-state index in [-0.39, 0.29) is 31.1 Å². The van der Waals surface area contributed by atoms with E-state index in [0.29, 0.717) is 12.3 Å². The van der Waals surface area contributed by atoms with Crippen LogP contribution in [-0.2, 0) is 11.3 Å². The van der Waals surface area contributed by atoms with Crippen molar-refractivity contribution >= 4 is 5.91 Å². The molecular formula is C16H22N2O3. The van der Waals surface area contributed by atoms with Crippen molar-refractivity contribution in [1.82, 2.24) is 10.6 Å². The van der Waals surface area contributed by atoms with E-state index in [1.807, 2.05) is 30.3 Å². The maximum Gasteiger partial charge on any atom is 0.257 e. The number of carbonyl (C=O) groups is 1. The summed E-state index contributed by atoms with van der Waals surface area (Å²) in [5, 5.41) is 15.1. The summed E-state index contributed by atoms with van der Waals surface area (Å²) < 4.78 is 5.54. The molecule has 2 rings (SSSR count). The van der Waals surface area contributed by atoms with Gasteiger partial charge in [-0.3, -0.25) is 4.79 Å². The number of hydrogen-bond donors (Lipinski definition) is 3. The van der Waals surface area contributed by atoms with Gasteiger partial charge in [-0.1, -0.05) is 30.4 Å². The lowest BCUT2D eigenvalue weighted by molar-refractivity contribution is -0.122. The van der Waals surface area contributed by atoms with Crippen LogP contribution >= 0.6 is 0 Å². The molecule has 0 bridgehead atoms. The van der Waals surface area contributed by atoms with Crippen LogP contribution in [0.1, 0.15) is 12.0 Å². The van der Waals surface area contributed by atoms with Gasteiger partial charge in [0.2, 0.25) is 0 Å². The Bertz CT molecular complexity index is 502. The van der Waals surface area contributed by atoms with E-state index in [4.69, 9.17) is 9.84 Å². The van der Waals surface area contributed by atoms with Crippen molar-refractivity contribution < 1.29 is 14.6 Å². The van der Waals surface area contributed by atoms with Crippen LogP contribution < -0.4 is 15.4 Å². The highest BCUT2D eigenvalue weighted by molar-refractivity contribution is 5.77. The van der Waals surface area contributed by atoms with Crippen molar-refractivity contribution in [3.63, 3.8) is 0 Å². The Morgan fingerprint density at radius 1 is 1.38 bits per heavy atom. The molecule has 1 aromatic rings. The Morgan fingerprint density at radius 2 is 2.19 bits per heavy atom. The zero-order chi connectivity index (χ0) is 15.1. The number of ether oxygens (including phenoxy) is 1. The number of benzene rings is 1. The summed E-state index contributed by atoms with van der Waals surface area (Å²) in [4.78, 5) is 11.2. The third-order valence-corrected chi connectivity index (χ3v) is 3.57. The molecule has 0 fully saturated rings. The van der Waals surface area contributed by atoms with Gasteiger partial charge in [0.15, 0.2) is 6.61 Å². The first-order valence-electron chi connectivity index (χ1n) is 7.16. The van der Waals surface area contributed by atoms with E-state index in [0.717, 1.165) is 12.0 Å². The van der Waals surface area contributed by atoms with Crippen molar-refractivity contribution in [1.29, 1.82) is 0 Å². The first-order valence-corrected chi connectivity index (χ1v) is 7.16. The number of aliphatic hydroxyl groups is 1. The lowest BCUT2D eigenvalue weighted by Crippen LogP contribution is -2.27. The largest absolute Gasteiger partial charge is 0.483 e. The van der Waals surface area contributed by atoms with Crippen LogP contribution in [0.3, 0.4) is 0 Å². The zero-order valence-corrected chi connectivity index (χ0v) is 12.2. The fourth-order valence-electron chi connectivity index (χ4n) is 2.31.